The Morgan fingerprint density at radius 2 is 1.57 bits per heavy atom. The summed E-state index contributed by atoms with van der Waals surface area (Å²) in [4.78, 5) is 28.3. The van der Waals surface area contributed by atoms with Gasteiger partial charge in [-0.2, -0.15) is 0 Å². The lowest BCUT2D eigenvalue weighted by Crippen LogP contribution is -2.52. The number of amides is 2. The fraction of sp³-hybridized carbons (Fsp3) is 0.333. The van der Waals surface area contributed by atoms with Crippen LogP contribution < -0.4 is 19.1 Å². The zero-order valence-electron chi connectivity index (χ0n) is 23.5. The first-order valence-electron chi connectivity index (χ1n) is 13.1. The van der Waals surface area contributed by atoms with E-state index in [1.54, 1.807) is 74.7 Å². The fourth-order valence-corrected chi connectivity index (χ4v) is 5.49. The molecule has 0 fully saturated rings. The highest BCUT2D eigenvalue weighted by Gasteiger charge is 2.32. The maximum Gasteiger partial charge on any atom is 0.264 e. The first-order valence-corrected chi connectivity index (χ1v) is 14.5. The number of anilines is 1. The first-order chi connectivity index (χ1) is 19.1. The molecule has 0 heterocycles. The van der Waals surface area contributed by atoms with Crippen molar-refractivity contribution < 1.29 is 27.5 Å². The normalized spacial score (nSPS) is 11.9. The molecule has 0 aliphatic rings. The van der Waals surface area contributed by atoms with Crippen molar-refractivity contribution in [3.8, 4) is 11.5 Å². The molecular weight excluding hydrogens is 530 g/mol. The van der Waals surface area contributed by atoms with Gasteiger partial charge >= 0.3 is 0 Å². The van der Waals surface area contributed by atoms with Crippen LogP contribution in [0.2, 0.25) is 0 Å². The van der Waals surface area contributed by atoms with E-state index in [0.29, 0.717) is 23.8 Å². The SMILES string of the molecule is CCOc1ccc(S(=O)(=O)N(CC(=O)N(Cc2cccc(OC)c2)[C@@H](C)C(=O)NC(C)C)c2ccccc2)cc1. The van der Waals surface area contributed by atoms with Gasteiger partial charge in [-0.1, -0.05) is 30.3 Å². The van der Waals surface area contributed by atoms with E-state index in [4.69, 9.17) is 9.47 Å². The van der Waals surface area contributed by atoms with Gasteiger partial charge in [-0.25, -0.2) is 8.42 Å². The standard InChI is InChI=1S/C30H37N3O6S/c1-6-39-26-15-17-28(18-16-26)40(36,37)33(25-12-8-7-9-13-25)21-29(34)32(23(4)30(35)31-22(2)3)20-24-11-10-14-27(19-24)38-5/h7-19,22-23H,6,20-21H2,1-5H3,(H,31,35)/t23-/m0/s1. The second kappa shape index (κ2) is 13.8. The molecule has 3 aromatic rings. The average molecular weight is 568 g/mol. The zero-order valence-corrected chi connectivity index (χ0v) is 24.4. The molecule has 0 bridgehead atoms. The van der Waals surface area contributed by atoms with E-state index in [1.165, 1.54) is 17.0 Å². The maximum atomic E-state index is 13.9. The van der Waals surface area contributed by atoms with Gasteiger partial charge in [0.05, 0.1) is 24.3 Å². The Balaban J connectivity index is 2.00. The molecule has 9 nitrogen and oxygen atoms in total. The fourth-order valence-electron chi connectivity index (χ4n) is 4.08. The van der Waals surface area contributed by atoms with Crippen LogP contribution in [0.15, 0.2) is 83.8 Å². The molecule has 0 aromatic heterocycles. The number of hydrogen-bond acceptors (Lipinski definition) is 6. The van der Waals surface area contributed by atoms with Gasteiger partial charge < -0.3 is 19.7 Å². The quantitative estimate of drug-likeness (QED) is 0.332. The summed E-state index contributed by atoms with van der Waals surface area (Å²) in [6.07, 6.45) is 0. The molecule has 0 aliphatic heterocycles. The molecule has 10 heteroatoms. The summed E-state index contributed by atoms with van der Waals surface area (Å²) >= 11 is 0. The molecule has 0 saturated heterocycles. The highest BCUT2D eigenvalue weighted by Crippen LogP contribution is 2.26. The summed E-state index contributed by atoms with van der Waals surface area (Å²) < 4.78 is 39.6. The number of methoxy groups -OCH3 is 1. The van der Waals surface area contributed by atoms with Crippen LogP contribution in [0.3, 0.4) is 0 Å². The van der Waals surface area contributed by atoms with Gasteiger partial charge in [0.15, 0.2) is 0 Å². The minimum atomic E-state index is -4.15. The third-order valence-electron chi connectivity index (χ3n) is 6.13. The minimum Gasteiger partial charge on any atom is -0.497 e. The van der Waals surface area contributed by atoms with Gasteiger partial charge in [-0.3, -0.25) is 13.9 Å². The van der Waals surface area contributed by atoms with Crippen LogP contribution in [-0.4, -0.2) is 57.5 Å². The number of ether oxygens (including phenoxy) is 2. The Morgan fingerprint density at radius 1 is 0.900 bits per heavy atom. The summed E-state index contributed by atoms with van der Waals surface area (Å²) in [5.74, 6) is 0.269. The van der Waals surface area contributed by atoms with Crippen molar-refractivity contribution in [2.45, 2.75) is 51.2 Å². The Labute approximate surface area is 236 Å². The minimum absolute atomic E-state index is 0.0116. The van der Waals surface area contributed by atoms with E-state index in [9.17, 15) is 18.0 Å². The van der Waals surface area contributed by atoms with Crippen LogP contribution in [0.5, 0.6) is 11.5 Å². The molecule has 0 radical (unpaired) electrons. The number of nitrogens with one attached hydrogen (secondary N) is 1. The van der Waals surface area contributed by atoms with Gasteiger partial charge in [-0.05, 0) is 81.8 Å². The molecule has 0 aliphatic carbocycles. The lowest BCUT2D eigenvalue weighted by molar-refractivity contribution is -0.139. The number of benzene rings is 3. The summed E-state index contributed by atoms with van der Waals surface area (Å²) in [5.41, 5.74) is 1.06. The van der Waals surface area contributed by atoms with E-state index in [0.717, 1.165) is 9.87 Å². The van der Waals surface area contributed by atoms with Gasteiger partial charge in [-0.15, -0.1) is 0 Å². The smallest absolute Gasteiger partial charge is 0.264 e. The van der Waals surface area contributed by atoms with Crippen molar-refractivity contribution >= 4 is 27.5 Å². The van der Waals surface area contributed by atoms with Gasteiger partial charge in [0.2, 0.25) is 11.8 Å². The largest absolute Gasteiger partial charge is 0.497 e. The highest BCUT2D eigenvalue weighted by atomic mass is 32.2. The van der Waals surface area contributed by atoms with Gasteiger partial charge in [0, 0.05) is 12.6 Å². The molecule has 0 unspecified atom stereocenters. The second-order valence-corrected chi connectivity index (χ2v) is 11.3. The molecule has 40 heavy (non-hydrogen) atoms. The number of hydrogen-bond donors (Lipinski definition) is 1. The van der Waals surface area contributed by atoms with Crippen molar-refractivity contribution in [2.24, 2.45) is 0 Å². The number of sulfonamides is 1. The summed E-state index contributed by atoms with van der Waals surface area (Å²) in [5, 5.41) is 2.84. The predicted molar refractivity (Wildman–Crippen MR) is 155 cm³/mol. The van der Waals surface area contributed by atoms with Crippen LogP contribution in [0.25, 0.3) is 0 Å². The molecule has 0 saturated carbocycles. The van der Waals surface area contributed by atoms with E-state index < -0.39 is 28.5 Å². The van der Waals surface area contributed by atoms with Crippen molar-refractivity contribution in [2.75, 3.05) is 24.6 Å². The molecule has 214 valence electrons. The first kappa shape index (κ1) is 30.5. The van der Waals surface area contributed by atoms with Crippen LogP contribution >= 0.6 is 0 Å². The predicted octanol–water partition coefficient (Wildman–Crippen LogP) is 4.23. The van der Waals surface area contributed by atoms with Crippen molar-refractivity contribution in [1.82, 2.24) is 10.2 Å². The maximum absolute atomic E-state index is 13.9. The molecule has 3 aromatic carbocycles. The summed E-state index contributed by atoms with van der Waals surface area (Å²) in [7, 11) is -2.61. The number of rotatable bonds is 13. The van der Waals surface area contributed by atoms with Crippen molar-refractivity contribution in [3.05, 3.63) is 84.4 Å². The van der Waals surface area contributed by atoms with Gasteiger partial charge in [0.1, 0.15) is 24.1 Å². The van der Waals surface area contributed by atoms with Gasteiger partial charge in [0.25, 0.3) is 10.0 Å². The number of para-hydroxylation sites is 1. The molecule has 3 rings (SSSR count). The Bertz CT molecular complexity index is 1380. The molecule has 0 spiro atoms. The van der Waals surface area contributed by atoms with Crippen molar-refractivity contribution in [1.29, 1.82) is 0 Å². The van der Waals surface area contributed by atoms with E-state index in [-0.39, 0.29) is 23.4 Å². The Kier molecular flexibility index (Phi) is 10.6. The topological polar surface area (TPSA) is 105 Å². The van der Waals surface area contributed by atoms with E-state index >= 15 is 0 Å². The Morgan fingerprint density at radius 3 is 2.17 bits per heavy atom. The highest BCUT2D eigenvalue weighted by molar-refractivity contribution is 7.92. The lowest BCUT2D eigenvalue weighted by Gasteiger charge is -2.32. The Hall–Kier alpha value is -4.05. The van der Waals surface area contributed by atoms with E-state index in [2.05, 4.69) is 5.32 Å². The monoisotopic (exact) mass is 567 g/mol. The third kappa shape index (κ3) is 7.75. The van der Waals surface area contributed by atoms with Crippen LogP contribution in [0.4, 0.5) is 5.69 Å². The van der Waals surface area contributed by atoms with Crippen LogP contribution in [-0.2, 0) is 26.2 Å². The molecular formula is C30H37N3O6S. The van der Waals surface area contributed by atoms with Crippen LogP contribution in [0.1, 0.15) is 33.3 Å². The van der Waals surface area contributed by atoms with Crippen LogP contribution in [0, 0.1) is 0 Å². The number of nitrogens with zero attached hydrogens (tertiary/aromatic N) is 2. The molecule has 1 N–H and O–H groups in total. The zero-order chi connectivity index (χ0) is 29.3. The van der Waals surface area contributed by atoms with Crippen molar-refractivity contribution in [3.63, 3.8) is 0 Å². The second-order valence-electron chi connectivity index (χ2n) is 9.46. The average Bonchev–Trinajstić information content (AvgIpc) is 2.94. The van der Waals surface area contributed by atoms with E-state index in [1.807, 2.05) is 26.8 Å². The number of carbonyl (C=O) groups excluding carboxylic acids is 2. The molecule has 1 atom stereocenters. The lowest BCUT2D eigenvalue weighted by atomic mass is 10.1. The summed E-state index contributed by atoms with van der Waals surface area (Å²) in [6, 6.07) is 20.7. The number of carbonyl (C=O) groups is 2. The third-order valence-corrected chi connectivity index (χ3v) is 7.92. The summed E-state index contributed by atoms with van der Waals surface area (Å²) in [6.45, 7) is 7.15. The molecule has 2 amide bonds.